The number of amides is 4. The van der Waals surface area contributed by atoms with Crippen LogP contribution in [0.5, 0.6) is 0 Å². The van der Waals surface area contributed by atoms with Crippen LogP contribution < -0.4 is 26.8 Å². The summed E-state index contributed by atoms with van der Waals surface area (Å²) in [4.78, 5) is 24.3. The van der Waals surface area contributed by atoms with Crippen molar-refractivity contribution in [3.8, 4) is 0 Å². The number of hydrogen-bond donors (Lipinski definition) is 4. The van der Waals surface area contributed by atoms with E-state index < -0.39 is 12.1 Å². The second kappa shape index (κ2) is 7.57. The largest absolute Gasteiger partial charge is 0.367 e. The molecule has 5 N–H and O–H groups in total. The van der Waals surface area contributed by atoms with Crippen LogP contribution in [0.25, 0.3) is 0 Å². The molecule has 2 aromatic carbocycles. The fraction of sp³-hybridized carbons (Fsp3) is 0.222. The van der Waals surface area contributed by atoms with Gasteiger partial charge in [0.15, 0.2) is 0 Å². The number of fused-ring (bicyclic) bond motifs is 1. The fourth-order valence-electron chi connectivity index (χ4n) is 2.90. The van der Waals surface area contributed by atoms with Crippen molar-refractivity contribution < 1.29 is 9.59 Å². The fourth-order valence-corrected chi connectivity index (χ4v) is 2.90. The average molecular weight is 339 g/mol. The van der Waals surface area contributed by atoms with Crippen molar-refractivity contribution in [1.29, 1.82) is 0 Å². The first-order valence-electron chi connectivity index (χ1n) is 8.12. The summed E-state index contributed by atoms with van der Waals surface area (Å²) >= 11 is 0. The molecular weight excluding hydrogens is 318 g/mol. The lowest BCUT2D eigenvalue weighted by Crippen LogP contribution is -2.48. The Bertz CT molecular complexity index is 760. The summed E-state index contributed by atoms with van der Waals surface area (Å²) in [6.07, 6.45) is 1.09. The molecule has 0 bridgehead atoms. The smallest absolute Gasteiger partial charge is 0.333 e. The van der Waals surface area contributed by atoms with Crippen molar-refractivity contribution in [2.45, 2.75) is 19.5 Å². The second-order valence-corrected chi connectivity index (χ2v) is 5.91. The Morgan fingerprint density at radius 3 is 2.48 bits per heavy atom. The average Bonchev–Trinajstić information content (AvgIpc) is 3.02. The number of rotatable bonds is 4. The molecule has 0 unspecified atom stereocenters. The van der Waals surface area contributed by atoms with E-state index in [-0.39, 0.29) is 0 Å². The predicted octanol–water partition coefficient (Wildman–Crippen LogP) is 1.63. The van der Waals surface area contributed by atoms with Gasteiger partial charge in [0, 0.05) is 25.3 Å². The van der Waals surface area contributed by atoms with Crippen molar-refractivity contribution in [2.24, 2.45) is 5.73 Å². The maximum Gasteiger partial charge on any atom is 0.333 e. The SMILES string of the molecule is NC(=O)NNC(=O)NCc1ccc(CN2CCc3ccccc32)cc1. The zero-order valence-electron chi connectivity index (χ0n) is 13.8. The summed E-state index contributed by atoms with van der Waals surface area (Å²) in [6.45, 7) is 2.27. The molecule has 0 atom stereocenters. The topological polar surface area (TPSA) is 99.5 Å². The summed E-state index contributed by atoms with van der Waals surface area (Å²) in [6, 6.07) is 15.3. The second-order valence-electron chi connectivity index (χ2n) is 5.91. The predicted molar refractivity (Wildman–Crippen MR) is 95.7 cm³/mol. The van der Waals surface area contributed by atoms with Crippen LogP contribution >= 0.6 is 0 Å². The lowest BCUT2D eigenvalue weighted by Gasteiger charge is -2.19. The third-order valence-electron chi connectivity index (χ3n) is 4.13. The van der Waals surface area contributed by atoms with Gasteiger partial charge >= 0.3 is 12.1 Å². The van der Waals surface area contributed by atoms with Gasteiger partial charge in [0.05, 0.1) is 0 Å². The normalized spacial score (nSPS) is 12.4. The van der Waals surface area contributed by atoms with Gasteiger partial charge in [-0.25, -0.2) is 20.4 Å². The number of nitrogens with zero attached hydrogens (tertiary/aromatic N) is 1. The molecule has 2 aromatic rings. The van der Waals surface area contributed by atoms with E-state index in [1.54, 1.807) is 0 Å². The van der Waals surface area contributed by atoms with Crippen LogP contribution in [0.4, 0.5) is 15.3 Å². The molecule has 3 rings (SSSR count). The number of hydrazine groups is 1. The van der Waals surface area contributed by atoms with Gasteiger partial charge in [-0.15, -0.1) is 0 Å². The van der Waals surface area contributed by atoms with Crippen LogP contribution in [0.3, 0.4) is 0 Å². The van der Waals surface area contributed by atoms with Gasteiger partial charge in [-0.1, -0.05) is 42.5 Å². The van der Waals surface area contributed by atoms with E-state index in [2.05, 4.69) is 52.0 Å². The minimum absolute atomic E-state index is 0.360. The zero-order valence-corrected chi connectivity index (χ0v) is 13.8. The number of urea groups is 2. The molecule has 4 amide bonds. The molecule has 25 heavy (non-hydrogen) atoms. The third kappa shape index (κ3) is 4.41. The lowest BCUT2D eigenvalue weighted by atomic mass is 10.1. The van der Waals surface area contributed by atoms with Gasteiger partial charge < -0.3 is 16.0 Å². The summed E-state index contributed by atoms with van der Waals surface area (Å²) in [5.41, 5.74) is 13.9. The molecule has 130 valence electrons. The maximum atomic E-state index is 11.4. The van der Waals surface area contributed by atoms with E-state index in [1.807, 2.05) is 17.6 Å². The highest BCUT2D eigenvalue weighted by Gasteiger charge is 2.18. The number of nitrogens with two attached hydrogens (primary N) is 1. The van der Waals surface area contributed by atoms with Crippen LogP contribution in [-0.2, 0) is 19.5 Å². The summed E-state index contributed by atoms with van der Waals surface area (Å²) in [5, 5.41) is 2.63. The highest BCUT2D eigenvalue weighted by atomic mass is 16.2. The van der Waals surface area contributed by atoms with E-state index in [1.165, 1.54) is 16.8 Å². The standard InChI is InChI=1S/C18H21N5O2/c19-17(24)21-22-18(25)20-11-13-5-7-14(8-6-13)12-23-10-9-15-3-1-2-4-16(15)23/h1-8H,9-12H2,(H3,19,21,24)(H2,20,22,25). The van der Waals surface area contributed by atoms with Crippen molar-refractivity contribution >= 4 is 17.7 Å². The molecule has 0 aromatic heterocycles. The number of carbonyl (C=O) groups excluding carboxylic acids is 2. The summed E-state index contributed by atoms with van der Waals surface area (Å²) in [7, 11) is 0. The molecule has 1 heterocycles. The maximum absolute atomic E-state index is 11.4. The van der Waals surface area contributed by atoms with Gasteiger partial charge in [-0.05, 0) is 29.2 Å². The number of benzene rings is 2. The highest BCUT2D eigenvalue weighted by Crippen LogP contribution is 2.28. The van der Waals surface area contributed by atoms with Crippen LogP contribution in [0.15, 0.2) is 48.5 Å². The molecule has 7 nitrogen and oxygen atoms in total. The van der Waals surface area contributed by atoms with E-state index in [9.17, 15) is 9.59 Å². The number of carbonyl (C=O) groups is 2. The molecule has 1 aliphatic heterocycles. The first-order valence-corrected chi connectivity index (χ1v) is 8.12. The Balaban J connectivity index is 1.51. The molecule has 0 aliphatic carbocycles. The molecular formula is C18H21N5O2. The lowest BCUT2D eigenvalue weighted by molar-refractivity contribution is 0.228. The minimum Gasteiger partial charge on any atom is -0.367 e. The highest BCUT2D eigenvalue weighted by molar-refractivity contribution is 5.78. The number of nitrogens with one attached hydrogen (secondary N) is 3. The van der Waals surface area contributed by atoms with Gasteiger partial charge in [-0.3, -0.25) is 0 Å². The van der Waals surface area contributed by atoms with E-state index in [0.29, 0.717) is 6.54 Å². The number of hydrogen-bond acceptors (Lipinski definition) is 3. The van der Waals surface area contributed by atoms with E-state index in [0.717, 1.165) is 25.1 Å². The van der Waals surface area contributed by atoms with Crippen LogP contribution in [0, 0.1) is 0 Å². The van der Waals surface area contributed by atoms with Crippen LogP contribution in [0.2, 0.25) is 0 Å². The third-order valence-corrected chi connectivity index (χ3v) is 4.13. The van der Waals surface area contributed by atoms with Crippen molar-refractivity contribution in [2.75, 3.05) is 11.4 Å². The molecule has 0 radical (unpaired) electrons. The van der Waals surface area contributed by atoms with Gasteiger partial charge in [0.2, 0.25) is 0 Å². The van der Waals surface area contributed by atoms with Crippen molar-refractivity contribution in [3.05, 3.63) is 65.2 Å². The molecule has 1 aliphatic rings. The quantitative estimate of drug-likeness (QED) is 0.637. The Morgan fingerprint density at radius 2 is 1.72 bits per heavy atom. The van der Waals surface area contributed by atoms with Crippen LogP contribution in [0.1, 0.15) is 16.7 Å². The minimum atomic E-state index is -0.817. The van der Waals surface area contributed by atoms with Crippen molar-refractivity contribution in [1.82, 2.24) is 16.2 Å². The Hall–Kier alpha value is -3.22. The van der Waals surface area contributed by atoms with Gasteiger partial charge in [-0.2, -0.15) is 0 Å². The number of primary amides is 1. The van der Waals surface area contributed by atoms with E-state index in [4.69, 9.17) is 5.73 Å². The number of para-hydroxylation sites is 1. The molecule has 0 fully saturated rings. The molecule has 0 saturated carbocycles. The summed E-state index contributed by atoms with van der Waals surface area (Å²) in [5.74, 6) is 0. The van der Waals surface area contributed by atoms with Crippen molar-refractivity contribution in [3.63, 3.8) is 0 Å². The molecule has 0 spiro atoms. The molecule has 0 saturated heterocycles. The molecule has 7 heteroatoms. The Morgan fingerprint density at radius 1 is 1.00 bits per heavy atom. The first kappa shape index (κ1) is 16.6. The first-order chi connectivity index (χ1) is 12.1. The Labute approximate surface area is 146 Å². The van der Waals surface area contributed by atoms with Gasteiger partial charge in [0.1, 0.15) is 0 Å². The van der Waals surface area contributed by atoms with E-state index >= 15 is 0 Å². The monoisotopic (exact) mass is 339 g/mol. The van der Waals surface area contributed by atoms with Gasteiger partial charge in [0.25, 0.3) is 0 Å². The summed E-state index contributed by atoms with van der Waals surface area (Å²) < 4.78 is 0. The zero-order chi connectivity index (χ0) is 17.6. The van der Waals surface area contributed by atoms with Crippen LogP contribution in [-0.4, -0.2) is 18.6 Å². The Kier molecular flexibility index (Phi) is 5.03. The number of anilines is 1.